The van der Waals surface area contributed by atoms with Gasteiger partial charge in [0, 0.05) is 47.5 Å². The summed E-state index contributed by atoms with van der Waals surface area (Å²) in [5.74, 6) is -1.04. The molecule has 6 atom stereocenters. The predicted octanol–water partition coefficient (Wildman–Crippen LogP) is 6.09. The van der Waals surface area contributed by atoms with Crippen molar-refractivity contribution < 1.29 is 38.2 Å². The number of carboxylic acids is 1. The Labute approximate surface area is 341 Å². The van der Waals surface area contributed by atoms with Crippen LogP contribution in [0.5, 0.6) is 11.5 Å². The molecule has 2 saturated carbocycles. The van der Waals surface area contributed by atoms with Crippen molar-refractivity contribution in [1.82, 2.24) is 30.8 Å². The molecular weight excluding hydrogens is 753 g/mol. The van der Waals surface area contributed by atoms with Gasteiger partial charge < -0.3 is 39.8 Å². The van der Waals surface area contributed by atoms with Crippen LogP contribution in [0.25, 0.3) is 33.5 Å². The van der Waals surface area contributed by atoms with Crippen molar-refractivity contribution in [2.45, 2.75) is 56.3 Å². The average Bonchev–Trinajstić information content (AvgIpc) is 3.99. The van der Waals surface area contributed by atoms with Gasteiger partial charge in [0.05, 0.1) is 30.4 Å². The van der Waals surface area contributed by atoms with Crippen LogP contribution in [-0.2, 0) is 9.59 Å². The highest BCUT2D eigenvalue weighted by atomic mass is 16.5. The molecule has 59 heavy (non-hydrogen) atoms. The third-order valence-corrected chi connectivity index (χ3v) is 11.9. The Morgan fingerprint density at radius 3 is 2.37 bits per heavy atom. The van der Waals surface area contributed by atoms with Crippen LogP contribution in [0.15, 0.2) is 108 Å². The number of carbonyl (C=O) groups is 4. The summed E-state index contributed by atoms with van der Waals surface area (Å²) in [6.45, 7) is 7.97. The monoisotopic (exact) mass is 798 g/mol. The van der Waals surface area contributed by atoms with Crippen molar-refractivity contribution in [3.05, 3.63) is 110 Å². The summed E-state index contributed by atoms with van der Waals surface area (Å²) in [4.78, 5) is 65.1. The molecule has 5 aromatic rings. The zero-order chi connectivity index (χ0) is 41.5. The van der Waals surface area contributed by atoms with Gasteiger partial charge in [0.25, 0.3) is 5.91 Å². The fraction of sp³-hybridized carbons (Fsp3) is 0.333. The fourth-order valence-corrected chi connectivity index (χ4v) is 8.42. The topological polar surface area (TPSA) is 185 Å². The van der Waals surface area contributed by atoms with Gasteiger partial charge in [0.1, 0.15) is 29.2 Å². The lowest BCUT2D eigenvalue weighted by Gasteiger charge is -2.29. The quantitative estimate of drug-likeness (QED) is 0.0960. The third kappa shape index (κ3) is 7.57. The average molecular weight is 799 g/mol. The predicted molar refractivity (Wildman–Crippen MR) is 219 cm³/mol. The Kier molecular flexibility index (Phi) is 10.3. The number of pyridine rings is 1. The summed E-state index contributed by atoms with van der Waals surface area (Å²) < 4.78 is 17.8. The number of amides is 4. The van der Waals surface area contributed by atoms with E-state index in [1.54, 1.807) is 7.11 Å². The molecule has 1 unspecified atom stereocenters. The number of hydrogen-bond donors (Lipinski definition) is 4. The first-order valence-electron chi connectivity index (χ1n) is 19.7. The van der Waals surface area contributed by atoms with Crippen molar-refractivity contribution in [2.75, 3.05) is 20.2 Å². The second-order valence-electron chi connectivity index (χ2n) is 15.9. The van der Waals surface area contributed by atoms with Crippen molar-refractivity contribution in [3.63, 3.8) is 0 Å². The SMILES string of the molecule is C=C[C@@H]1C[C@]1(NC(=O)[C@@H]1C[C@@H](Oc2cc(-c3ccccc3)nc3cc(OC)ccc23)CN1C(=O)NC1(CNC(=O)c2ncoc2-c2ccccc2)C[C@H]1C(C)C)C(=O)O. The number of methoxy groups -OCH3 is 1. The van der Waals surface area contributed by atoms with E-state index in [0.29, 0.717) is 45.8 Å². The Bertz CT molecular complexity index is 2420. The van der Waals surface area contributed by atoms with Crippen molar-refractivity contribution in [2.24, 2.45) is 17.8 Å². The first kappa shape index (κ1) is 39.1. The van der Waals surface area contributed by atoms with Crippen LogP contribution >= 0.6 is 0 Å². The number of nitrogens with zero attached hydrogens (tertiary/aromatic N) is 3. The van der Waals surface area contributed by atoms with Gasteiger partial charge in [-0.25, -0.2) is 19.6 Å². The second kappa shape index (κ2) is 15.6. The summed E-state index contributed by atoms with van der Waals surface area (Å²) in [5.41, 5.74) is 0.659. The van der Waals surface area contributed by atoms with Crippen LogP contribution in [0.1, 0.15) is 43.6 Å². The van der Waals surface area contributed by atoms with Gasteiger partial charge in [-0.2, -0.15) is 0 Å². The molecule has 0 radical (unpaired) electrons. The number of rotatable bonds is 14. The molecule has 304 valence electrons. The van der Waals surface area contributed by atoms with Crippen LogP contribution in [0.4, 0.5) is 4.79 Å². The van der Waals surface area contributed by atoms with E-state index in [-0.39, 0.29) is 43.5 Å². The zero-order valence-corrected chi connectivity index (χ0v) is 33.0. The molecule has 3 aromatic carbocycles. The molecule has 2 aliphatic carbocycles. The van der Waals surface area contributed by atoms with E-state index in [0.717, 1.165) is 5.56 Å². The molecule has 1 saturated heterocycles. The molecule has 1 aliphatic heterocycles. The molecule has 0 spiro atoms. The number of oxazole rings is 1. The minimum absolute atomic E-state index is 0.0175. The Morgan fingerprint density at radius 1 is 1.00 bits per heavy atom. The number of hydrogen-bond acceptors (Lipinski definition) is 9. The highest BCUT2D eigenvalue weighted by Gasteiger charge is 2.62. The zero-order valence-electron chi connectivity index (χ0n) is 33.0. The molecule has 3 aliphatic rings. The minimum atomic E-state index is -1.50. The van der Waals surface area contributed by atoms with E-state index >= 15 is 0 Å². The normalized spacial score (nSPS) is 24.3. The highest BCUT2D eigenvalue weighted by molar-refractivity contribution is 5.98. The molecule has 14 nitrogen and oxygen atoms in total. The first-order chi connectivity index (χ1) is 28.4. The molecule has 4 N–H and O–H groups in total. The number of ether oxygens (including phenoxy) is 2. The molecule has 8 rings (SSSR count). The number of nitrogens with one attached hydrogen (secondary N) is 3. The fourth-order valence-electron chi connectivity index (χ4n) is 8.42. The number of carbonyl (C=O) groups excluding carboxylic acids is 3. The van der Waals surface area contributed by atoms with Crippen molar-refractivity contribution in [3.8, 4) is 34.1 Å². The summed E-state index contributed by atoms with van der Waals surface area (Å²) in [6.07, 6.45) is 2.95. The molecule has 14 heteroatoms. The number of fused-ring (bicyclic) bond motifs is 1. The third-order valence-electron chi connectivity index (χ3n) is 11.9. The molecule has 3 fully saturated rings. The van der Waals surface area contributed by atoms with Gasteiger partial charge in [-0.05, 0) is 36.8 Å². The van der Waals surface area contributed by atoms with E-state index in [1.807, 2.05) is 84.9 Å². The molecule has 2 aromatic heterocycles. The van der Waals surface area contributed by atoms with Gasteiger partial charge in [0.15, 0.2) is 17.8 Å². The van der Waals surface area contributed by atoms with E-state index in [4.69, 9.17) is 18.9 Å². The molecule has 3 heterocycles. The van der Waals surface area contributed by atoms with Crippen LogP contribution in [0.2, 0.25) is 0 Å². The highest BCUT2D eigenvalue weighted by Crippen LogP contribution is 2.49. The number of aliphatic carboxylic acids is 1. The van der Waals surface area contributed by atoms with E-state index < -0.39 is 53.0 Å². The number of carboxylic acid groups (broad SMARTS) is 1. The molecular formula is C45H46N6O8. The molecule has 0 bridgehead atoms. The maximum absolute atomic E-state index is 14.5. The first-order valence-corrected chi connectivity index (χ1v) is 19.7. The van der Waals surface area contributed by atoms with E-state index in [1.165, 1.54) is 17.4 Å². The van der Waals surface area contributed by atoms with Crippen molar-refractivity contribution in [1.29, 1.82) is 0 Å². The van der Waals surface area contributed by atoms with Crippen LogP contribution < -0.4 is 25.4 Å². The summed E-state index contributed by atoms with van der Waals surface area (Å²) >= 11 is 0. The standard InChI is InChI=1S/C45H46N6O8/c1-5-29-21-45(29,42(54)55)49-40(52)36-19-31(59-37-20-34(27-12-8-6-9-13-27)48-35-18-30(57-4)16-17-32(35)37)23-51(36)43(56)50-44(22-33(44)26(2)3)24-46-41(53)38-39(58-25-47-38)28-14-10-7-11-15-28/h5-18,20,25-26,29,31,33,36H,1,19,21-24H2,2-4H3,(H,46,53)(H,49,52)(H,50,56)(H,54,55)/t29-,31-,33+,36+,44?,45-/m1/s1. The van der Waals surface area contributed by atoms with Gasteiger partial charge in [-0.3, -0.25) is 9.59 Å². The smallest absolute Gasteiger partial charge is 0.330 e. The van der Waals surface area contributed by atoms with Gasteiger partial charge >= 0.3 is 12.0 Å². The maximum Gasteiger partial charge on any atom is 0.330 e. The lowest BCUT2D eigenvalue weighted by molar-refractivity contribution is -0.144. The number of aromatic nitrogens is 2. The second-order valence-corrected chi connectivity index (χ2v) is 15.9. The summed E-state index contributed by atoms with van der Waals surface area (Å²) in [7, 11) is 1.58. The largest absolute Gasteiger partial charge is 0.497 e. The lowest BCUT2D eigenvalue weighted by atomic mass is 10.0. The number of likely N-dealkylation sites (tertiary alicyclic amines) is 1. The van der Waals surface area contributed by atoms with Gasteiger partial charge in [-0.15, -0.1) is 6.58 Å². The van der Waals surface area contributed by atoms with E-state index in [9.17, 15) is 24.3 Å². The van der Waals surface area contributed by atoms with Gasteiger partial charge in [-0.1, -0.05) is 80.6 Å². The van der Waals surface area contributed by atoms with Crippen LogP contribution in [0.3, 0.4) is 0 Å². The lowest BCUT2D eigenvalue weighted by Crippen LogP contribution is -2.57. The Morgan fingerprint density at radius 2 is 1.73 bits per heavy atom. The van der Waals surface area contributed by atoms with Crippen LogP contribution in [-0.4, -0.2) is 87.2 Å². The summed E-state index contributed by atoms with van der Waals surface area (Å²) in [5, 5.41) is 19.8. The summed E-state index contributed by atoms with van der Waals surface area (Å²) in [6, 6.07) is 24.6. The number of benzene rings is 3. The van der Waals surface area contributed by atoms with Crippen LogP contribution in [0, 0.1) is 17.8 Å². The Hall–Kier alpha value is -6.70. The number of urea groups is 1. The van der Waals surface area contributed by atoms with Gasteiger partial charge in [0.2, 0.25) is 5.91 Å². The maximum atomic E-state index is 14.5. The van der Waals surface area contributed by atoms with E-state index in [2.05, 4.69) is 41.4 Å². The van der Waals surface area contributed by atoms with Crippen molar-refractivity contribution >= 4 is 34.7 Å². The Balaban J connectivity index is 1.06. The molecule has 4 amide bonds. The minimum Gasteiger partial charge on any atom is -0.497 e.